The van der Waals surface area contributed by atoms with Gasteiger partial charge in [0.2, 0.25) is 0 Å². The Morgan fingerprint density at radius 2 is 2.12 bits per heavy atom. The van der Waals surface area contributed by atoms with Gasteiger partial charge in [0.25, 0.3) is 5.91 Å². The van der Waals surface area contributed by atoms with Crippen LogP contribution in [0.25, 0.3) is 6.08 Å². The summed E-state index contributed by atoms with van der Waals surface area (Å²) < 4.78 is 19.0. The minimum atomic E-state index is -0.932. The molecule has 2 aromatic heterocycles. The molecule has 1 aliphatic rings. The molecule has 4 rings (SSSR count). The maximum atomic E-state index is 13.0. The Labute approximate surface area is 200 Å². The number of hydrogen-bond acceptors (Lipinski definition) is 4. The fraction of sp³-hybridized carbons (Fsp3) is 0.250. The molecule has 0 fully saturated rings. The van der Waals surface area contributed by atoms with Crippen LogP contribution in [0.15, 0.2) is 59.8 Å². The quantitative estimate of drug-likeness (QED) is 0.412. The molecule has 0 spiro atoms. The van der Waals surface area contributed by atoms with Crippen molar-refractivity contribution in [1.29, 1.82) is 4.78 Å². The molecule has 1 amide bonds. The van der Waals surface area contributed by atoms with Gasteiger partial charge in [-0.2, -0.15) is 0 Å². The topological polar surface area (TPSA) is 92.0 Å². The Kier molecular flexibility index (Phi) is 7.27. The van der Waals surface area contributed by atoms with Crippen LogP contribution >= 0.6 is 11.6 Å². The SMILES string of the molecule is COc1ccc(CCCC2C=Cc3c(cn(C)c3C(=O)Nc3ccnc(Cl)c3)S(=N)N2)cc1. The first kappa shape index (κ1) is 23.2. The molecule has 172 valence electrons. The van der Waals surface area contributed by atoms with E-state index < -0.39 is 10.9 Å². The summed E-state index contributed by atoms with van der Waals surface area (Å²) in [5, 5.41) is 3.19. The first-order chi connectivity index (χ1) is 15.9. The first-order valence-corrected chi connectivity index (χ1v) is 12.2. The number of fused-ring (bicyclic) bond motifs is 1. The molecule has 0 bridgehead atoms. The van der Waals surface area contributed by atoms with Crippen LogP contribution in [0.4, 0.5) is 5.69 Å². The van der Waals surface area contributed by atoms with Crippen LogP contribution in [-0.2, 0) is 24.3 Å². The molecule has 33 heavy (non-hydrogen) atoms. The van der Waals surface area contributed by atoms with E-state index in [1.54, 1.807) is 30.0 Å². The van der Waals surface area contributed by atoms with Crippen molar-refractivity contribution in [3.8, 4) is 5.75 Å². The number of aromatic nitrogens is 2. The number of hydrogen-bond donors (Lipinski definition) is 3. The number of anilines is 1. The maximum absolute atomic E-state index is 13.0. The number of nitrogens with zero attached hydrogens (tertiary/aromatic N) is 2. The largest absolute Gasteiger partial charge is 0.497 e. The summed E-state index contributed by atoms with van der Waals surface area (Å²) in [6.07, 6.45) is 10.3. The van der Waals surface area contributed by atoms with E-state index in [4.69, 9.17) is 21.1 Å². The van der Waals surface area contributed by atoms with E-state index in [0.717, 1.165) is 35.5 Å². The Balaban J connectivity index is 1.45. The van der Waals surface area contributed by atoms with Gasteiger partial charge in [-0.05, 0) is 60.0 Å². The zero-order valence-electron chi connectivity index (χ0n) is 18.5. The fourth-order valence-electron chi connectivity index (χ4n) is 3.83. The highest BCUT2D eigenvalue weighted by atomic mass is 35.5. The summed E-state index contributed by atoms with van der Waals surface area (Å²) in [5.74, 6) is 0.607. The molecular formula is C24H26ClN5O2S. The highest BCUT2D eigenvalue weighted by molar-refractivity contribution is 7.84. The number of nitrogens with one attached hydrogen (secondary N) is 3. The second kappa shape index (κ2) is 10.3. The predicted octanol–water partition coefficient (Wildman–Crippen LogP) is 5.00. The number of amides is 1. The maximum Gasteiger partial charge on any atom is 0.272 e. The molecule has 0 saturated carbocycles. The van der Waals surface area contributed by atoms with Gasteiger partial charge in [-0.15, -0.1) is 0 Å². The van der Waals surface area contributed by atoms with Crippen molar-refractivity contribution in [2.24, 2.45) is 7.05 Å². The molecule has 3 heterocycles. The summed E-state index contributed by atoms with van der Waals surface area (Å²) >= 11 is 5.93. The Bertz CT molecular complexity index is 1210. The summed E-state index contributed by atoms with van der Waals surface area (Å²) in [4.78, 5) is 17.8. The molecule has 1 aromatic carbocycles. The molecule has 0 aliphatic carbocycles. The van der Waals surface area contributed by atoms with Crippen LogP contribution in [-0.4, -0.2) is 28.6 Å². The highest BCUT2D eigenvalue weighted by Gasteiger charge is 2.24. The van der Waals surface area contributed by atoms with Crippen molar-refractivity contribution in [2.45, 2.75) is 30.2 Å². The second-order valence-corrected chi connectivity index (χ2v) is 9.49. The Morgan fingerprint density at radius 3 is 2.85 bits per heavy atom. The zero-order valence-corrected chi connectivity index (χ0v) is 20.0. The van der Waals surface area contributed by atoms with Crippen molar-refractivity contribution < 1.29 is 9.53 Å². The average molecular weight is 484 g/mol. The van der Waals surface area contributed by atoms with Crippen LogP contribution in [0.2, 0.25) is 5.15 Å². The molecule has 2 unspecified atom stereocenters. The third-order valence-corrected chi connectivity index (χ3v) is 7.02. The van der Waals surface area contributed by atoms with E-state index in [-0.39, 0.29) is 11.9 Å². The summed E-state index contributed by atoms with van der Waals surface area (Å²) in [7, 11) is 2.55. The van der Waals surface area contributed by atoms with Crippen molar-refractivity contribution in [1.82, 2.24) is 14.3 Å². The van der Waals surface area contributed by atoms with Crippen LogP contribution < -0.4 is 14.8 Å². The summed E-state index contributed by atoms with van der Waals surface area (Å²) in [6.45, 7) is 0. The van der Waals surface area contributed by atoms with E-state index in [1.165, 1.54) is 5.56 Å². The highest BCUT2D eigenvalue weighted by Crippen LogP contribution is 2.27. The van der Waals surface area contributed by atoms with Gasteiger partial charge in [0.05, 0.1) is 12.0 Å². The number of ether oxygens (including phenoxy) is 1. The lowest BCUT2D eigenvalue weighted by molar-refractivity contribution is 0.101. The Hall–Kier alpha value is -2.94. The van der Waals surface area contributed by atoms with Gasteiger partial charge in [-0.25, -0.2) is 9.71 Å². The lowest BCUT2D eigenvalue weighted by Crippen LogP contribution is -2.27. The van der Waals surface area contributed by atoms with E-state index in [0.29, 0.717) is 16.5 Å². The van der Waals surface area contributed by atoms with E-state index in [9.17, 15) is 4.79 Å². The predicted molar refractivity (Wildman–Crippen MR) is 133 cm³/mol. The minimum Gasteiger partial charge on any atom is -0.497 e. The van der Waals surface area contributed by atoms with Gasteiger partial charge >= 0.3 is 0 Å². The molecule has 3 N–H and O–H groups in total. The van der Waals surface area contributed by atoms with Crippen LogP contribution in [0, 0.1) is 4.78 Å². The zero-order chi connectivity index (χ0) is 23.4. The standard InChI is InChI=1S/C24H26ClN5O2S/c1-30-15-21-20(23(30)24(31)28-18-12-13-27-22(25)14-18)11-8-17(29-33(21)26)5-3-4-16-6-9-19(32-2)10-7-16/h6-15,17H,3-5H2,1-2H3,(H2,26,29)(H,27,28,31). The summed E-state index contributed by atoms with van der Waals surface area (Å²) in [6, 6.07) is 11.5. The van der Waals surface area contributed by atoms with Gasteiger partial charge in [0.15, 0.2) is 0 Å². The van der Waals surface area contributed by atoms with Crippen LogP contribution in [0.3, 0.4) is 0 Å². The molecule has 3 aromatic rings. The van der Waals surface area contributed by atoms with Gasteiger partial charge in [-0.1, -0.05) is 35.9 Å². The smallest absolute Gasteiger partial charge is 0.272 e. The van der Waals surface area contributed by atoms with Crippen molar-refractivity contribution in [2.75, 3.05) is 12.4 Å². The fourth-order valence-corrected chi connectivity index (χ4v) is 5.28. The average Bonchev–Trinajstić information content (AvgIpc) is 3.06. The van der Waals surface area contributed by atoms with Gasteiger partial charge in [0, 0.05) is 36.7 Å². The van der Waals surface area contributed by atoms with Crippen molar-refractivity contribution >= 4 is 40.1 Å². The van der Waals surface area contributed by atoms with Crippen molar-refractivity contribution in [3.63, 3.8) is 0 Å². The second-order valence-electron chi connectivity index (χ2n) is 7.82. The number of carbonyl (C=O) groups excluding carboxylic acids is 1. The number of aryl methyl sites for hydroxylation is 2. The number of rotatable bonds is 7. The molecular weight excluding hydrogens is 458 g/mol. The molecule has 2 atom stereocenters. The molecule has 7 nitrogen and oxygen atoms in total. The molecule has 0 saturated heterocycles. The number of carbonyl (C=O) groups is 1. The van der Waals surface area contributed by atoms with E-state index >= 15 is 0 Å². The number of benzene rings is 1. The van der Waals surface area contributed by atoms with Gasteiger partial charge < -0.3 is 14.6 Å². The van der Waals surface area contributed by atoms with Crippen LogP contribution in [0.1, 0.15) is 34.5 Å². The molecule has 9 heteroatoms. The lowest BCUT2D eigenvalue weighted by atomic mass is 10.0. The van der Waals surface area contributed by atoms with Crippen LogP contribution in [0.5, 0.6) is 5.75 Å². The third-order valence-electron chi connectivity index (χ3n) is 5.51. The van der Waals surface area contributed by atoms with E-state index in [1.807, 2.05) is 31.5 Å². The summed E-state index contributed by atoms with van der Waals surface area (Å²) in [5.41, 5.74) is 3.13. The van der Waals surface area contributed by atoms with E-state index in [2.05, 4.69) is 33.2 Å². The molecule has 1 aliphatic heterocycles. The minimum absolute atomic E-state index is 0.0664. The number of pyridine rings is 1. The molecule has 0 radical (unpaired) electrons. The number of halogens is 1. The number of methoxy groups -OCH3 is 1. The third kappa shape index (κ3) is 5.52. The Morgan fingerprint density at radius 1 is 1.33 bits per heavy atom. The lowest BCUT2D eigenvalue weighted by Gasteiger charge is -2.14. The monoisotopic (exact) mass is 483 g/mol. The normalized spacial score (nSPS) is 17.3. The van der Waals surface area contributed by atoms with Crippen molar-refractivity contribution in [3.05, 3.63) is 76.8 Å². The van der Waals surface area contributed by atoms with Gasteiger partial charge in [0.1, 0.15) is 16.6 Å². The van der Waals surface area contributed by atoms with Gasteiger partial charge in [-0.3, -0.25) is 9.57 Å². The first-order valence-electron chi connectivity index (χ1n) is 10.6.